The van der Waals surface area contributed by atoms with Crippen LogP contribution in [0.1, 0.15) is 20.3 Å². The molecule has 126 valence electrons. The summed E-state index contributed by atoms with van der Waals surface area (Å²) in [5, 5.41) is 11.1. The first-order valence-corrected chi connectivity index (χ1v) is 9.66. The van der Waals surface area contributed by atoms with Gasteiger partial charge in [-0.25, -0.2) is 13.1 Å². The summed E-state index contributed by atoms with van der Waals surface area (Å²) in [4.78, 5) is 0. The van der Waals surface area contributed by atoms with Crippen LogP contribution in [-0.2, 0) is 16.6 Å². The summed E-state index contributed by atoms with van der Waals surface area (Å²) in [7, 11) is -3.11. The van der Waals surface area contributed by atoms with Gasteiger partial charge in [-0.15, -0.1) is 0 Å². The van der Waals surface area contributed by atoms with Gasteiger partial charge < -0.3 is 10.6 Å². The molecule has 0 saturated carbocycles. The average Bonchev–Trinajstić information content (AvgIpc) is 2.88. The molecular weight excluding hydrogens is 302 g/mol. The second-order valence-electron chi connectivity index (χ2n) is 6.17. The largest absolute Gasteiger partial charge is 0.370 e. The molecule has 0 spiro atoms. The van der Waals surface area contributed by atoms with Crippen LogP contribution in [0.3, 0.4) is 0 Å². The smallest absolute Gasteiger partial charge is 0.211 e. The zero-order valence-electron chi connectivity index (χ0n) is 13.6. The second-order valence-corrected chi connectivity index (χ2v) is 8.11. The quantitative estimate of drug-likeness (QED) is 0.682. The van der Waals surface area contributed by atoms with Crippen LogP contribution < -0.4 is 10.6 Å². The molecule has 2 N–H and O–H groups in total. The maximum atomic E-state index is 11.7. The Kier molecular flexibility index (Phi) is 5.82. The van der Waals surface area contributed by atoms with Crippen LogP contribution >= 0.6 is 0 Å². The highest BCUT2D eigenvalue weighted by Gasteiger charge is 2.20. The van der Waals surface area contributed by atoms with Crippen molar-refractivity contribution in [3.8, 4) is 0 Å². The van der Waals surface area contributed by atoms with Crippen LogP contribution in [-0.4, -0.2) is 61.0 Å². The predicted octanol–water partition coefficient (Wildman–Crippen LogP) is 0.575. The Balaban J connectivity index is 1.66. The van der Waals surface area contributed by atoms with E-state index in [9.17, 15) is 8.42 Å². The topological polar surface area (TPSA) is 79.3 Å². The van der Waals surface area contributed by atoms with Gasteiger partial charge in [0, 0.05) is 44.2 Å². The lowest BCUT2D eigenvalue weighted by Gasteiger charge is -2.26. The van der Waals surface area contributed by atoms with Crippen LogP contribution in [0, 0.1) is 5.92 Å². The zero-order chi connectivity index (χ0) is 16.2. The minimum Gasteiger partial charge on any atom is -0.370 e. The van der Waals surface area contributed by atoms with E-state index < -0.39 is 10.0 Å². The van der Waals surface area contributed by atoms with E-state index in [1.165, 1.54) is 6.26 Å². The summed E-state index contributed by atoms with van der Waals surface area (Å²) in [6.45, 7) is 7.97. The van der Waals surface area contributed by atoms with Gasteiger partial charge in [0.05, 0.1) is 12.5 Å². The molecule has 1 aliphatic heterocycles. The van der Waals surface area contributed by atoms with E-state index >= 15 is 0 Å². The number of hydrogen-bond donors (Lipinski definition) is 2. The fourth-order valence-corrected chi connectivity index (χ4v) is 4.02. The molecule has 1 aromatic heterocycles. The minimum atomic E-state index is -3.11. The Labute approximate surface area is 133 Å². The van der Waals surface area contributed by atoms with Crippen LogP contribution in [0.4, 0.5) is 5.82 Å². The first-order valence-electron chi connectivity index (χ1n) is 7.81. The maximum absolute atomic E-state index is 11.7. The zero-order valence-corrected chi connectivity index (χ0v) is 14.4. The van der Waals surface area contributed by atoms with E-state index in [1.54, 1.807) is 4.31 Å². The highest BCUT2D eigenvalue weighted by Crippen LogP contribution is 2.15. The van der Waals surface area contributed by atoms with E-state index in [1.807, 2.05) is 30.8 Å². The van der Waals surface area contributed by atoms with Crippen molar-refractivity contribution in [2.24, 2.45) is 5.92 Å². The van der Waals surface area contributed by atoms with E-state index in [4.69, 9.17) is 0 Å². The van der Waals surface area contributed by atoms with Gasteiger partial charge in [0.1, 0.15) is 5.82 Å². The van der Waals surface area contributed by atoms with Crippen LogP contribution in [0.15, 0.2) is 12.3 Å². The van der Waals surface area contributed by atoms with Crippen molar-refractivity contribution >= 4 is 15.8 Å². The van der Waals surface area contributed by atoms with Crippen molar-refractivity contribution in [1.82, 2.24) is 19.4 Å². The van der Waals surface area contributed by atoms with Crippen molar-refractivity contribution in [1.29, 1.82) is 0 Å². The third kappa shape index (κ3) is 4.69. The highest BCUT2D eigenvalue weighted by atomic mass is 32.2. The summed E-state index contributed by atoms with van der Waals surface area (Å²) >= 11 is 0. The van der Waals surface area contributed by atoms with Crippen molar-refractivity contribution in [3.63, 3.8) is 0 Å². The van der Waals surface area contributed by atoms with Crippen LogP contribution in [0.5, 0.6) is 0 Å². The summed E-state index contributed by atoms with van der Waals surface area (Å²) in [6.07, 6.45) is 3.90. The molecule has 0 fully saturated rings. The van der Waals surface area contributed by atoms with Gasteiger partial charge in [-0.1, -0.05) is 0 Å². The third-order valence-corrected chi connectivity index (χ3v) is 5.34. The van der Waals surface area contributed by atoms with Crippen LogP contribution in [0.2, 0.25) is 0 Å². The Morgan fingerprint density at radius 2 is 2.32 bits per heavy atom. The number of nitrogens with one attached hydrogen (secondary N) is 2. The number of hydrogen-bond acceptors (Lipinski definition) is 5. The number of rotatable bonds is 8. The first-order chi connectivity index (χ1) is 10.4. The molecule has 22 heavy (non-hydrogen) atoms. The first kappa shape index (κ1) is 17.2. The number of aromatic nitrogens is 2. The molecule has 1 aromatic rings. The summed E-state index contributed by atoms with van der Waals surface area (Å²) < 4.78 is 26.9. The molecule has 8 heteroatoms. The monoisotopic (exact) mass is 329 g/mol. The molecule has 0 unspecified atom stereocenters. The second kappa shape index (κ2) is 7.43. The molecule has 2 heterocycles. The summed E-state index contributed by atoms with van der Waals surface area (Å²) in [5.74, 6) is 1.58. The normalized spacial score (nSPS) is 18.5. The summed E-state index contributed by atoms with van der Waals surface area (Å²) in [6, 6.07) is 1.99. The Morgan fingerprint density at radius 1 is 1.55 bits per heavy atom. The molecule has 0 aromatic carbocycles. The van der Waals surface area contributed by atoms with Gasteiger partial charge in [0.25, 0.3) is 0 Å². The molecule has 0 saturated heterocycles. The van der Waals surface area contributed by atoms with Crippen molar-refractivity contribution in [3.05, 3.63) is 12.3 Å². The molecule has 2 rings (SSSR count). The van der Waals surface area contributed by atoms with Gasteiger partial charge in [0.2, 0.25) is 10.0 Å². The van der Waals surface area contributed by atoms with Crippen molar-refractivity contribution < 1.29 is 8.42 Å². The third-order valence-electron chi connectivity index (χ3n) is 3.89. The molecule has 0 bridgehead atoms. The van der Waals surface area contributed by atoms with Crippen molar-refractivity contribution in [2.45, 2.75) is 32.9 Å². The number of fused-ring (bicyclic) bond motifs is 1. The van der Waals surface area contributed by atoms with Crippen LogP contribution in [0.25, 0.3) is 0 Å². The van der Waals surface area contributed by atoms with Gasteiger partial charge in [-0.05, 0) is 26.8 Å². The number of sulfonamides is 1. The van der Waals surface area contributed by atoms with E-state index in [-0.39, 0.29) is 6.04 Å². The minimum absolute atomic E-state index is 0.00998. The lowest BCUT2D eigenvalue weighted by atomic mass is 10.1. The van der Waals surface area contributed by atoms with E-state index in [2.05, 4.69) is 15.7 Å². The average molecular weight is 329 g/mol. The van der Waals surface area contributed by atoms with Gasteiger partial charge >= 0.3 is 0 Å². The number of anilines is 1. The lowest BCUT2D eigenvalue weighted by Crippen LogP contribution is -2.39. The molecular formula is C14H27N5O2S. The predicted molar refractivity (Wildman–Crippen MR) is 88.4 cm³/mol. The van der Waals surface area contributed by atoms with Gasteiger partial charge in [-0.2, -0.15) is 9.40 Å². The fourth-order valence-electron chi connectivity index (χ4n) is 2.80. The molecule has 1 atom stereocenters. The fraction of sp³-hybridized carbons (Fsp3) is 0.786. The SMILES string of the molecule is CC(C)N(CCCNC[C@@H]1CNc2ccnn2C1)S(C)(=O)=O. The standard InChI is InChI=1S/C14H27N5O2S/c1-12(2)19(22(3,20)21)8-4-6-15-9-13-10-16-14-5-7-17-18(14)11-13/h5,7,12-13,15-16H,4,6,8-11H2,1-3H3/t13-/m1/s1. The summed E-state index contributed by atoms with van der Waals surface area (Å²) in [5.41, 5.74) is 0. The Bertz CT molecular complexity index is 570. The number of nitrogens with zero attached hydrogens (tertiary/aromatic N) is 3. The molecule has 0 aliphatic carbocycles. The van der Waals surface area contributed by atoms with E-state index in [0.29, 0.717) is 12.5 Å². The molecule has 0 amide bonds. The highest BCUT2D eigenvalue weighted by molar-refractivity contribution is 7.88. The molecule has 0 radical (unpaired) electrons. The van der Waals surface area contributed by atoms with Crippen molar-refractivity contribution in [2.75, 3.05) is 37.8 Å². The molecule has 1 aliphatic rings. The lowest BCUT2D eigenvalue weighted by molar-refractivity contribution is 0.342. The molecule has 7 nitrogen and oxygen atoms in total. The van der Waals surface area contributed by atoms with E-state index in [0.717, 1.165) is 38.4 Å². The van der Waals surface area contributed by atoms with Gasteiger partial charge in [0.15, 0.2) is 0 Å². The Morgan fingerprint density at radius 3 is 3.00 bits per heavy atom. The van der Waals surface area contributed by atoms with Gasteiger partial charge in [-0.3, -0.25) is 0 Å². The maximum Gasteiger partial charge on any atom is 0.211 e. The Hall–Kier alpha value is -1.12.